The second kappa shape index (κ2) is 5.47. The van der Waals surface area contributed by atoms with Gasteiger partial charge in [0, 0.05) is 17.1 Å². The predicted octanol–water partition coefficient (Wildman–Crippen LogP) is 2.85. The molecule has 1 rings (SSSR count). The average Bonchev–Trinajstić information content (AvgIpc) is 2.54. The van der Waals surface area contributed by atoms with Crippen molar-refractivity contribution in [3.63, 3.8) is 0 Å². The van der Waals surface area contributed by atoms with Gasteiger partial charge < -0.3 is 5.32 Å². The van der Waals surface area contributed by atoms with Gasteiger partial charge in [0.2, 0.25) is 0 Å². The lowest BCUT2D eigenvalue weighted by Gasteiger charge is -2.20. The fourth-order valence-electron chi connectivity index (χ4n) is 1.24. The minimum absolute atomic E-state index is 0.251. The molecule has 80 valence electrons. The van der Waals surface area contributed by atoms with Gasteiger partial charge in [-0.25, -0.2) is 4.98 Å². The molecule has 1 aromatic heterocycles. The van der Waals surface area contributed by atoms with E-state index in [-0.39, 0.29) is 5.54 Å². The lowest BCUT2D eigenvalue weighted by atomic mass is 10.1. The maximum absolute atomic E-state index is 4.26. The van der Waals surface area contributed by atoms with Gasteiger partial charge in [-0.1, -0.05) is 0 Å². The van der Waals surface area contributed by atoms with Crippen molar-refractivity contribution in [1.82, 2.24) is 10.3 Å². The molecule has 0 saturated heterocycles. The standard InChI is InChI=1S/C11H20N2S/c1-11(2,3)13-7-5-4-6-10-12-8-9-14-10/h8-9,13H,4-7H2,1-3H3. The topological polar surface area (TPSA) is 24.9 Å². The zero-order valence-electron chi connectivity index (χ0n) is 9.34. The fraction of sp³-hybridized carbons (Fsp3) is 0.727. The van der Waals surface area contributed by atoms with Crippen LogP contribution in [0.3, 0.4) is 0 Å². The molecular weight excluding hydrogens is 192 g/mol. The summed E-state index contributed by atoms with van der Waals surface area (Å²) in [6.45, 7) is 7.71. The Labute approximate surface area is 90.8 Å². The Morgan fingerprint density at radius 1 is 1.36 bits per heavy atom. The van der Waals surface area contributed by atoms with Crippen LogP contribution < -0.4 is 5.32 Å². The first-order valence-corrected chi connectivity index (χ1v) is 6.09. The van der Waals surface area contributed by atoms with Gasteiger partial charge in [-0.05, 0) is 46.6 Å². The molecule has 0 saturated carbocycles. The molecule has 0 aromatic carbocycles. The first-order chi connectivity index (χ1) is 6.58. The van der Waals surface area contributed by atoms with Gasteiger partial charge >= 0.3 is 0 Å². The van der Waals surface area contributed by atoms with E-state index >= 15 is 0 Å². The van der Waals surface area contributed by atoms with E-state index in [0.29, 0.717) is 0 Å². The lowest BCUT2D eigenvalue weighted by molar-refractivity contribution is 0.419. The Bertz CT molecular complexity index is 236. The van der Waals surface area contributed by atoms with Crippen LogP contribution in [0.5, 0.6) is 0 Å². The Kier molecular flexibility index (Phi) is 4.55. The first kappa shape index (κ1) is 11.7. The van der Waals surface area contributed by atoms with Crippen LogP contribution in [0.1, 0.15) is 38.6 Å². The molecule has 3 heteroatoms. The number of aryl methyl sites for hydroxylation is 1. The van der Waals surface area contributed by atoms with E-state index in [1.165, 1.54) is 17.8 Å². The number of unbranched alkanes of at least 4 members (excludes halogenated alkanes) is 1. The van der Waals surface area contributed by atoms with Crippen molar-refractivity contribution in [2.75, 3.05) is 6.54 Å². The molecule has 1 N–H and O–H groups in total. The minimum atomic E-state index is 0.251. The largest absolute Gasteiger partial charge is 0.312 e. The smallest absolute Gasteiger partial charge is 0.0924 e. The highest BCUT2D eigenvalue weighted by molar-refractivity contribution is 7.09. The van der Waals surface area contributed by atoms with Crippen LogP contribution >= 0.6 is 11.3 Å². The summed E-state index contributed by atoms with van der Waals surface area (Å²) in [5, 5.41) is 6.79. The number of nitrogens with one attached hydrogen (secondary N) is 1. The summed E-state index contributed by atoms with van der Waals surface area (Å²) >= 11 is 1.75. The van der Waals surface area contributed by atoms with E-state index in [4.69, 9.17) is 0 Å². The van der Waals surface area contributed by atoms with E-state index < -0.39 is 0 Å². The van der Waals surface area contributed by atoms with Crippen LogP contribution in [0, 0.1) is 0 Å². The maximum Gasteiger partial charge on any atom is 0.0924 e. The van der Waals surface area contributed by atoms with Gasteiger partial charge in [0.25, 0.3) is 0 Å². The van der Waals surface area contributed by atoms with Gasteiger partial charge in [-0.2, -0.15) is 0 Å². The summed E-state index contributed by atoms with van der Waals surface area (Å²) in [7, 11) is 0. The summed E-state index contributed by atoms with van der Waals surface area (Å²) in [5.74, 6) is 0. The number of hydrogen-bond acceptors (Lipinski definition) is 3. The molecule has 0 amide bonds. The van der Waals surface area contributed by atoms with Gasteiger partial charge in [-0.3, -0.25) is 0 Å². The fourth-order valence-corrected chi connectivity index (χ4v) is 1.90. The van der Waals surface area contributed by atoms with E-state index in [1.54, 1.807) is 11.3 Å². The van der Waals surface area contributed by atoms with E-state index in [1.807, 2.05) is 11.6 Å². The Morgan fingerprint density at radius 2 is 2.14 bits per heavy atom. The van der Waals surface area contributed by atoms with Crippen molar-refractivity contribution in [2.45, 2.75) is 45.6 Å². The average molecular weight is 212 g/mol. The molecule has 0 fully saturated rings. The van der Waals surface area contributed by atoms with Gasteiger partial charge in [0.1, 0.15) is 0 Å². The zero-order valence-corrected chi connectivity index (χ0v) is 10.2. The minimum Gasteiger partial charge on any atom is -0.312 e. The molecular formula is C11H20N2S. The summed E-state index contributed by atoms with van der Waals surface area (Å²) in [6, 6.07) is 0. The van der Waals surface area contributed by atoms with Crippen LogP contribution in [0.25, 0.3) is 0 Å². The molecule has 0 spiro atoms. The Morgan fingerprint density at radius 3 is 2.71 bits per heavy atom. The SMILES string of the molecule is CC(C)(C)NCCCCc1nccs1. The van der Waals surface area contributed by atoms with Crippen molar-refractivity contribution < 1.29 is 0 Å². The van der Waals surface area contributed by atoms with E-state index in [0.717, 1.165) is 13.0 Å². The van der Waals surface area contributed by atoms with Gasteiger partial charge in [0.15, 0.2) is 0 Å². The number of aromatic nitrogens is 1. The molecule has 0 bridgehead atoms. The molecule has 0 aliphatic heterocycles. The molecule has 1 heterocycles. The summed E-state index contributed by atoms with van der Waals surface area (Å²) < 4.78 is 0. The molecule has 0 unspecified atom stereocenters. The molecule has 0 aliphatic carbocycles. The summed E-state index contributed by atoms with van der Waals surface area (Å²) in [6.07, 6.45) is 5.48. The molecule has 14 heavy (non-hydrogen) atoms. The monoisotopic (exact) mass is 212 g/mol. The third-order valence-electron chi connectivity index (χ3n) is 1.96. The molecule has 0 radical (unpaired) electrons. The zero-order chi connectivity index (χ0) is 10.4. The van der Waals surface area contributed by atoms with Gasteiger partial charge in [0.05, 0.1) is 5.01 Å². The molecule has 0 atom stereocenters. The first-order valence-electron chi connectivity index (χ1n) is 5.21. The van der Waals surface area contributed by atoms with Crippen molar-refractivity contribution in [1.29, 1.82) is 0 Å². The Hall–Kier alpha value is -0.410. The van der Waals surface area contributed by atoms with Crippen LogP contribution in [-0.2, 0) is 6.42 Å². The number of thiazole rings is 1. The predicted molar refractivity (Wildman–Crippen MR) is 62.8 cm³/mol. The molecule has 0 aliphatic rings. The highest BCUT2D eigenvalue weighted by atomic mass is 32.1. The molecule has 1 aromatic rings. The third kappa shape index (κ3) is 5.35. The second-order valence-electron chi connectivity index (χ2n) is 4.56. The third-order valence-corrected chi connectivity index (χ3v) is 2.80. The van der Waals surface area contributed by atoms with E-state index in [2.05, 4.69) is 31.1 Å². The highest BCUT2D eigenvalue weighted by Gasteiger charge is 2.06. The van der Waals surface area contributed by atoms with Gasteiger partial charge in [-0.15, -0.1) is 11.3 Å². The molecule has 2 nitrogen and oxygen atoms in total. The van der Waals surface area contributed by atoms with Crippen molar-refractivity contribution in [3.8, 4) is 0 Å². The van der Waals surface area contributed by atoms with Crippen molar-refractivity contribution >= 4 is 11.3 Å². The maximum atomic E-state index is 4.26. The second-order valence-corrected chi connectivity index (χ2v) is 5.54. The Balaban J connectivity index is 2.00. The summed E-state index contributed by atoms with van der Waals surface area (Å²) in [4.78, 5) is 4.26. The van der Waals surface area contributed by atoms with Crippen LogP contribution in [0.2, 0.25) is 0 Å². The normalized spacial score (nSPS) is 11.9. The lowest BCUT2D eigenvalue weighted by Crippen LogP contribution is -2.36. The van der Waals surface area contributed by atoms with Crippen molar-refractivity contribution in [2.24, 2.45) is 0 Å². The van der Waals surface area contributed by atoms with Crippen LogP contribution in [-0.4, -0.2) is 17.1 Å². The number of hydrogen-bond donors (Lipinski definition) is 1. The van der Waals surface area contributed by atoms with Crippen LogP contribution in [0.15, 0.2) is 11.6 Å². The van der Waals surface area contributed by atoms with E-state index in [9.17, 15) is 0 Å². The number of nitrogens with zero attached hydrogens (tertiary/aromatic N) is 1. The van der Waals surface area contributed by atoms with Crippen molar-refractivity contribution in [3.05, 3.63) is 16.6 Å². The highest BCUT2D eigenvalue weighted by Crippen LogP contribution is 2.08. The summed E-state index contributed by atoms with van der Waals surface area (Å²) in [5.41, 5.74) is 0.251. The number of rotatable bonds is 5. The van der Waals surface area contributed by atoms with Crippen LogP contribution in [0.4, 0.5) is 0 Å². The quantitative estimate of drug-likeness (QED) is 0.759.